The summed E-state index contributed by atoms with van der Waals surface area (Å²) in [5, 5.41) is 11.2. The van der Waals surface area contributed by atoms with E-state index in [0.29, 0.717) is 38.0 Å². The SMILES string of the molecule is CC1(CCOC2CN(C(=O)OC(C)(C)C)CCC2(F)F)CCN(c2cc([N+](=O)[O-])ccc2C(N)=O)CC1. The van der Waals surface area contributed by atoms with Gasteiger partial charge in [-0.05, 0) is 51.5 Å². The minimum absolute atomic E-state index is 0.0970. The summed E-state index contributed by atoms with van der Waals surface area (Å²) in [5.74, 6) is -3.71. The number of amides is 2. The molecule has 12 heteroatoms. The number of primary amides is 1. The fraction of sp³-hybridized carbons (Fsp3) is 0.680. The molecular weight excluding hydrogens is 490 g/mol. The Morgan fingerprint density at radius 3 is 2.41 bits per heavy atom. The summed E-state index contributed by atoms with van der Waals surface area (Å²) in [7, 11) is 0. The summed E-state index contributed by atoms with van der Waals surface area (Å²) in [6, 6.07) is 3.97. The van der Waals surface area contributed by atoms with Crippen LogP contribution >= 0.6 is 0 Å². The van der Waals surface area contributed by atoms with E-state index < -0.39 is 41.0 Å². The number of likely N-dealkylation sites (tertiary alicyclic amines) is 1. The molecule has 3 rings (SSSR count). The number of benzene rings is 1. The van der Waals surface area contributed by atoms with Gasteiger partial charge in [-0.3, -0.25) is 14.9 Å². The van der Waals surface area contributed by atoms with Gasteiger partial charge in [-0.1, -0.05) is 6.92 Å². The van der Waals surface area contributed by atoms with E-state index in [4.69, 9.17) is 15.2 Å². The molecule has 1 unspecified atom stereocenters. The van der Waals surface area contributed by atoms with Crippen molar-refractivity contribution in [1.29, 1.82) is 0 Å². The number of piperidine rings is 2. The third-order valence-corrected chi connectivity index (χ3v) is 7.02. The van der Waals surface area contributed by atoms with E-state index in [9.17, 15) is 28.5 Å². The average molecular weight is 527 g/mol. The molecule has 2 N–H and O–H groups in total. The zero-order valence-electron chi connectivity index (χ0n) is 21.8. The maximum absolute atomic E-state index is 14.5. The number of anilines is 1. The Bertz CT molecular complexity index is 1020. The largest absolute Gasteiger partial charge is 0.444 e. The van der Waals surface area contributed by atoms with Gasteiger partial charge in [-0.2, -0.15) is 0 Å². The van der Waals surface area contributed by atoms with Gasteiger partial charge in [0.2, 0.25) is 0 Å². The van der Waals surface area contributed by atoms with Crippen LogP contribution in [0.3, 0.4) is 0 Å². The number of nitrogens with two attached hydrogens (primary N) is 1. The summed E-state index contributed by atoms with van der Waals surface area (Å²) < 4.78 is 40.0. The van der Waals surface area contributed by atoms with Crippen LogP contribution in [0.5, 0.6) is 0 Å². The highest BCUT2D eigenvalue weighted by molar-refractivity contribution is 5.99. The number of carbonyl (C=O) groups excluding carboxylic acids is 2. The van der Waals surface area contributed by atoms with Crippen molar-refractivity contribution in [2.45, 2.75) is 71.0 Å². The highest BCUT2D eigenvalue weighted by Gasteiger charge is 2.47. The number of ether oxygens (including phenoxy) is 2. The van der Waals surface area contributed by atoms with Crippen molar-refractivity contribution in [3.63, 3.8) is 0 Å². The number of rotatable bonds is 7. The number of halogens is 2. The minimum atomic E-state index is -3.05. The van der Waals surface area contributed by atoms with Gasteiger partial charge in [0.05, 0.1) is 22.7 Å². The Kier molecular flexibility index (Phi) is 8.31. The normalized spacial score (nSPS) is 21.4. The molecule has 2 saturated heterocycles. The number of carbonyl (C=O) groups is 2. The number of nitrogens with zero attached hydrogens (tertiary/aromatic N) is 3. The maximum Gasteiger partial charge on any atom is 0.410 e. The second kappa shape index (κ2) is 10.8. The number of alkyl halides is 2. The molecule has 0 aromatic heterocycles. The van der Waals surface area contributed by atoms with Gasteiger partial charge in [0.1, 0.15) is 11.7 Å². The molecule has 0 radical (unpaired) electrons. The van der Waals surface area contributed by atoms with Crippen LogP contribution in [0.25, 0.3) is 0 Å². The quantitative estimate of drug-likeness (QED) is 0.413. The van der Waals surface area contributed by atoms with E-state index in [1.807, 2.05) is 11.8 Å². The maximum atomic E-state index is 14.5. The Morgan fingerprint density at radius 1 is 1.19 bits per heavy atom. The van der Waals surface area contributed by atoms with Crippen molar-refractivity contribution >= 4 is 23.4 Å². The molecule has 0 aliphatic carbocycles. The Labute approximate surface area is 215 Å². The van der Waals surface area contributed by atoms with Gasteiger partial charge in [-0.25, -0.2) is 13.6 Å². The van der Waals surface area contributed by atoms with Gasteiger partial charge in [0.25, 0.3) is 17.5 Å². The van der Waals surface area contributed by atoms with Crippen LogP contribution in [0.1, 0.15) is 63.7 Å². The van der Waals surface area contributed by atoms with Crippen LogP contribution in [0.4, 0.5) is 25.0 Å². The summed E-state index contributed by atoms with van der Waals surface area (Å²) in [5.41, 5.74) is 5.05. The summed E-state index contributed by atoms with van der Waals surface area (Å²) in [4.78, 5) is 38.1. The molecule has 1 atom stereocenters. The molecule has 2 aliphatic heterocycles. The van der Waals surface area contributed by atoms with E-state index in [-0.39, 0.29) is 36.4 Å². The molecule has 1 aromatic carbocycles. The first kappa shape index (κ1) is 28.5. The van der Waals surface area contributed by atoms with Crippen molar-refractivity contribution < 1.29 is 32.8 Å². The molecule has 2 aliphatic rings. The predicted molar refractivity (Wildman–Crippen MR) is 133 cm³/mol. The van der Waals surface area contributed by atoms with Gasteiger partial charge in [0.15, 0.2) is 0 Å². The lowest BCUT2D eigenvalue weighted by molar-refractivity contribution is -0.384. The number of hydrogen-bond donors (Lipinski definition) is 1. The number of nitro groups is 1. The van der Waals surface area contributed by atoms with Gasteiger partial charge in [-0.15, -0.1) is 0 Å². The Hall–Kier alpha value is -3.02. The zero-order chi connectivity index (χ0) is 27.6. The zero-order valence-corrected chi connectivity index (χ0v) is 21.8. The molecule has 1 aromatic rings. The molecule has 37 heavy (non-hydrogen) atoms. The molecule has 10 nitrogen and oxygen atoms in total. The highest BCUT2D eigenvalue weighted by Crippen LogP contribution is 2.39. The number of nitro benzene ring substituents is 1. The fourth-order valence-electron chi connectivity index (χ4n) is 4.63. The first-order valence-corrected chi connectivity index (χ1v) is 12.4. The van der Waals surface area contributed by atoms with Crippen molar-refractivity contribution in [2.75, 3.05) is 37.7 Å². The molecular formula is C25H36F2N4O6. The average Bonchev–Trinajstić information content (AvgIpc) is 2.79. The van der Waals surface area contributed by atoms with Gasteiger partial charge >= 0.3 is 6.09 Å². The van der Waals surface area contributed by atoms with Crippen LogP contribution in [0.15, 0.2) is 18.2 Å². The van der Waals surface area contributed by atoms with Crippen molar-refractivity contribution in [2.24, 2.45) is 11.1 Å². The third kappa shape index (κ3) is 7.27. The molecule has 0 saturated carbocycles. The minimum Gasteiger partial charge on any atom is -0.444 e. The lowest BCUT2D eigenvalue weighted by Gasteiger charge is -2.42. The monoisotopic (exact) mass is 526 g/mol. The standard InChI is InChI=1S/C25H36F2N4O6/c1-23(2,3)37-22(33)30-13-9-25(26,27)20(16-30)36-14-10-24(4)7-11-29(12-8-24)19-15-17(31(34)35)5-6-18(19)21(28)32/h5-6,15,20H,7-14,16H2,1-4H3,(H2,28,32). The van der Waals surface area contributed by atoms with Crippen LogP contribution in [-0.4, -0.2) is 72.2 Å². The molecule has 2 amide bonds. The van der Waals surface area contributed by atoms with E-state index in [0.717, 1.165) is 0 Å². The second-order valence-electron chi connectivity index (χ2n) is 11.2. The van der Waals surface area contributed by atoms with Crippen molar-refractivity contribution in [3.8, 4) is 0 Å². The molecule has 0 spiro atoms. The fourth-order valence-corrected chi connectivity index (χ4v) is 4.63. The van der Waals surface area contributed by atoms with E-state index in [1.54, 1.807) is 20.8 Å². The first-order chi connectivity index (χ1) is 17.1. The Morgan fingerprint density at radius 2 is 1.84 bits per heavy atom. The summed E-state index contributed by atoms with van der Waals surface area (Å²) in [6.45, 7) is 8.00. The topological polar surface area (TPSA) is 128 Å². The first-order valence-electron chi connectivity index (χ1n) is 12.4. The Balaban J connectivity index is 1.57. The lowest BCUT2D eigenvalue weighted by Crippen LogP contribution is -2.54. The smallest absolute Gasteiger partial charge is 0.410 e. The summed E-state index contributed by atoms with van der Waals surface area (Å²) in [6.07, 6.45) is -0.677. The molecule has 2 fully saturated rings. The van der Waals surface area contributed by atoms with E-state index in [1.165, 1.54) is 23.1 Å². The van der Waals surface area contributed by atoms with Crippen LogP contribution in [0, 0.1) is 15.5 Å². The van der Waals surface area contributed by atoms with Crippen LogP contribution in [0.2, 0.25) is 0 Å². The van der Waals surface area contributed by atoms with Gasteiger partial charge in [0, 0.05) is 44.8 Å². The third-order valence-electron chi connectivity index (χ3n) is 7.02. The second-order valence-corrected chi connectivity index (χ2v) is 11.2. The predicted octanol–water partition coefficient (Wildman–Crippen LogP) is 4.35. The highest BCUT2D eigenvalue weighted by atomic mass is 19.3. The molecule has 206 valence electrons. The van der Waals surface area contributed by atoms with Crippen molar-refractivity contribution in [1.82, 2.24) is 4.90 Å². The van der Waals surface area contributed by atoms with Gasteiger partial charge < -0.3 is 25.0 Å². The number of hydrogen-bond acceptors (Lipinski definition) is 7. The van der Waals surface area contributed by atoms with Crippen LogP contribution < -0.4 is 10.6 Å². The van der Waals surface area contributed by atoms with Crippen molar-refractivity contribution in [3.05, 3.63) is 33.9 Å². The molecule has 0 bridgehead atoms. The van der Waals surface area contributed by atoms with E-state index in [2.05, 4.69) is 0 Å². The molecule has 2 heterocycles. The van der Waals surface area contributed by atoms with Crippen LogP contribution in [-0.2, 0) is 9.47 Å². The van der Waals surface area contributed by atoms with E-state index >= 15 is 0 Å². The number of non-ortho nitro benzene ring substituents is 1. The lowest BCUT2D eigenvalue weighted by atomic mass is 9.77. The summed E-state index contributed by atoms with van der Waals surface area (Å²) >= 11 is 0.